The van der Waals surface area contributed by atoms with Gasteiger partial charge in [-0.1, -0.05) is 30.3 Å². The predicted molar refractivity (Wildman–Crippen MR) is 89.0 cm³/mol. The zero-order valence-corrected chi connectivity index (χ0v) is 13.3. The summed E-state index contributed by atoms with van der Waals surface area (Å²) in [5.41, 5.74) is 1.25. The van der Waals surface area contributed by atoms with Gasteiger partial charge >= 0.3 is 0 Å². The van der Waals surface area contributed by atoms with E-state index in [1.54, 1.807) is 7.05 Å². The van der Waals surface area contributed by atoms with Crippen LogP contribution in [0.2, 0.25) is 0 Å². The van der Waals surface area contributed by atoms with Crippen molar-refractivity contribution >= 4 is 5.96 Å². The number of hydrogen-bond donors (Lipinski definition) is 2. The molecule has 1 aromatic rings. The van der Waals surface area contributed by atoms with Gasteiger partial charge in [-0.3, -0.25) is 9.89 Å². The van der Waals surface area contributed by atoms with E-state index in [2.05, 4.69) is 44.8 Å². The lowest BCUT2D eigenvalue weighted by Gasteiger charge is -2.35. The molecule has 0 radical (unpaired) electrons. The fourth-order valence-corrected chi connectivity index (χ4v) is 3.22. The molecule has 2 aliphatic rings. The second-order valence-corrected chi connectivity index (χ2v) is 6.04. The number of aliphatic imine (C=N–C) groups is 1. The number of hydrogen-bond acceptors (Lipinski definition) is 3. The van der Waals surface area contributed by atoms with E-state index in [4.69, 9.17) is 4.74 Å². The van der Waals surface area contributed by atoms with Gasteiger partial charge in [-0.25, -0.2) is 0 Å². The largest absolute Gasteiger partial charge is 0.373 e. The lowest BCUT2D eigenvalue weighted by Crippen LogP contribution is -2.51. The molecule has 3 rings (SSSR count). The Bertz CT molecular complexity index is 491. The lowest BCUT2D eigenvalue weighted by molar-refractivity contribution is -0.0453. The molecule has 2 heterocycles. The van der Waals surface area contributed by atoms with Gasteiger partial charge < -0.3 is 15.4 Å². The van der Waals surface area contributed by atoms with Crippen molar-refractivity contribution in [2.75, 3.05) is 33.3 Å². The number of fused-ring (bicyclic) bond motifs is 1. The molecule has 0 aliphatic carbocycles. The minimum Gasteiger partial charge on any atom is -0.373 e. The van der Waals surface area contributed by atoms with E-state index in [1.165, 1.54) is 24.9 Å². The molecule has 2 unspecified atom stereocenters. The van der Waals surface area contributed by atoms with Gasteiger partial charge in [-0.15, -0.1) is 0 Å². The molecular formula is C17H26N4O. The normalized spacial score (nSPS) is 25.8. The predicted octanol–water partition coefficient (Wildman–Crippen LogP) is 1.21. The third-order valence-corrected chi connectivity index (χ3v) is 4.49. The topological polar surface area (TPSA) is 48.9 Å². The van der Waals surface area contributed by atoms with E-state index < -0.39 is 0 Å². The molecule has 5 heteroatoms. The van der Waals surface area contributed by atoms with Crippen LogP contribution in [-0.2, 0) is 11.3 Å². The van der Waals surface area contributed by atoms with Gasteiger partial charge in [0.25, 0.3) is 0 Å². The maximum Gasteiger partial charge on any atom is 0.191 e. The fourth-order valence-electron chi connectivity index (χ4n) is 3.22. The highest BCUT2D eigenvalue weighted by molar-refractivity contribution is 5.79. The zero-order chi connectivity index (χ0) is 15.2. The van der Waals surface area contributed by atoms with Crippen LogP contribution >= 0.6 is 0 Å². The summed E-state index contributed by atoms with van der Waals surface area (Å²) in [6.45, 7) is 4.72. The van der Waals surface area contributed by atoms with Gasteiger partial charge in [0.05, 0.1) is 12.7 Å². The first-order valence-corrected chi connectivity index (χ1v) is 8.19. The van der Waals surface area contributed by atoms with E-state index in [1.807, 2.05) is 6.07 Å². The summed E-state index contributed by atoms with van der Waals surface area (Å²) in [7, 11) is 1.80. The first-order valence-electron chi connectivity index (χ1n) is 8.19. The van der Waals surface area contributed by atoms with Crippen LogP contribution in [0.5, 0.6) is 0 Å². The van der Waals surface area contributed by atoms with Crippen molar-refractivity contribution in [2.45, 2.75) is 31.5 Å². The van der Waals surface area contributed by atoms with Crippen molar-refractivity contribution in [3.63, 3.8) is 0 Å². The summed E-state index contributed by atoms with van der Waals surface area (Å²) in [5, 5.41) is 6.72. The maximum atomic E-state index is 5.96. The van der Waals surface area contributed by atoms with E-state index in [9.17, 15) is 0 Å². The summed E-state index contributed by atoms with van der Waals surface area (Å²) >= 11 is 0. The number of rotatable bonds is 4. The Balaban J connectivity index is 1.41. The minimum atomic E-state index is 0.254. The fraction of sp³-hybridized carbons (Fsp3) is 0.588. The number of benzene rings is 1. The standard InChI is InChI=1S/C17H26N4O/c1-18-17(19-10-14-6-3-2-4-7-14)20-11-16-12-21-9-5-8-15(21)13-22-16/h2-4,6-7,15-16H,5,8-13H2,1H3,(H2,18,19,20). The molecule has 0 spiro atoms. The van der Waals surface area contributed by atoms with E-state index in [0.29, 0.717) is 6.04 Å². The van der Waals surface area contributed by atoms with Gasteiger partial charge in [0.15, 0.2) is 5.96 Å². The molecule has 0 aromatic heterocycles. The molecule has 2 saturated heterocycles. The Labute approximate surface area is 132 Å². The van der Waals surface area contributed by atoms with Gasteiger partial charge in [0.1, 0.15) is 0 Å². The summed E-state index contributed by atoms with van der Waals surface area (Å²) < 4.78 is 5.96. The van der Waals surface area contributed by atoms with E-state index in [-0.39, 0.29) is 6.10 Å². The molecule has 0 saturated carbocycles. The van der Waals surface area contributed by atoms with Crippen molar-refractivity contribution in [2.24, 2.45) is 4.99 Å². The molecule has 2 N–H and O–H groups in total. The second kappa shape index (κ2) is 7.61. The smallest absolute Gasteiger partial charge is 0.191 e. The molecule has 2 fully saturated rings. The monoisotopic (exact) mass is 302 g/mol. The maximum absolute atomic E-state index is 5.96. The van der Waals surface area contributed by atoms with Crippen LogP contribution in [0, 0.1) is 0 Å². The summed E-state index contributed by atoms with van der Waals surface area (Å²) in [6, 6.07) is 11.0. The van der Waals surface area contributed by atoms with Crippen LogP contribution in [-0.4, -0.2) is 56.3 Å². The van der Waals surface area contributed by atoms with Gasteiger partial charge in [-0.2, -0.15) is 0 Å². The van der Waals surface area contributed by atoms with Crippen molar-refractivity contribution in [1.29, 1.82) is 0 Å². The van der Waals surface area contributed by atoms with Crippen molar-refractivity contribution in [1.82, 2.24) is 15.5 Å². The quantitative estimate of drug-likeness (QED) is 0.648. The van der Waals surface area contributed by atoms with E-state index in [0.717, 1.165) is 32.2 Å². The van der Waals surface area contributed by atoms with E-state index >= 15 is 0 Å². The molecule has 5 nitrogen and oxygen atoms in total. The van der Waals surface area contributed by atoms with Crippen LogP contribution in [0.4, 0.5) is 0 Å². The number of nitrogens with one attached hydrogen (secondary N) is 2. The van der Waals surface area contributed by atoms with Gasteiger partial charge in [0.2, 0.25) is 0 Å². The van der Waals surface area contributed by atoms with Crippen LogP contribution in [0.3, 0.4) is 0 Å². The number of ether oxygens (including phenoxy) is 1. The highest BCUT2D eigenvalue weighted by Gasteiger charge is 2.31. The van der Waals surface area contributed by atoms with Crippen molar-refractivity contribution in [3.05, 3.63) is 35.9 Å². The SMILES string of the molecule is CN=C(NCc1ccccc1)NCC1CN2CCCC2CO1. The van der Waals surface area contributed by atoms with Crippen LogP contribution in [0.25, 0.3) is 0 Å². The Morgan fingerprint density at radius 2 is 2.18 bits per heavy atom. The van der Waals surface area contributed by atoms with Crippen LogP contribution in [0.15, 0.2) is 35.3 Å². The summed E-state index contributed by atoms with van der Waals surface area (Å²) in [4.78, 5) is 6.84. The van der Waals surface area contributed by atoms with Crippen LogP contribution in [0.1, 0.15) is 18.4 Å². The average molecular weight is 302 g/mol. The zero-order valence-electron chi connectivity index (χ0n) is 13.3. The molecule has 2 atom stereocenters. The summed E-state index contributed by atoms with van der Waals surface area (Å²) in [5.74, 6) is 0.830. The van der Waals surface area contributed by atoms with Crippen LogP contribution < -0.4 is 10.6 Å². The van der Waals surface area contributed by atoms with Crippen molar-refractivity contribution in [3.8, 4) is 0 Å². The molecule has 1 aromatic carbocycles. The number of guanidine groups is 1. The number of nitrogens with zero attached hydrogens (tertiary/aromatic N) is 2. The second-order valence-electron chi connectivity index (χ2n) is 6.04. The Morgan fingerprint density at radius 1 is 1.32 bits per heavy atom. The third-order valence-electron chi connectivity index (χ3n) is 4.49. The highest BCUT2D eigenvalue weighted by Crippen LogP contribution is 2.22. The van der Waals surface area contributed by atoms with Crippen molar-refractivity contribution < 1.29 is 4.74 Å². The summed E-state index contributed by atoms with van der Waals surface area (Å²) in [6.07, 6.45) is 2.86. The molecule has 22 heavy (non-hydrogen) atoms. The molecule has 0 amide bonds. The molecule has 0 bridgehead atoms. The Hall–Kier alpha value is -1.59. The van der Waals surface area contributed by atoms with Gasteiger partial charge in [0, 0.05) is 32.7 Å². The number of morpholine rings is 1. The first-order chi connectivity index (χ1) is 10.8. The lowest BCUT2D eigenvalue weighted by atomic mass is 10.2. The van der Waals surface area contributed by atoms with Gasteiger partial charge in [-0.05, 0) is 24.9 Å². The molecule has 2 aliphatic heterocycles. The molecule has 120 valence electrons. The minimum absolute atomic E-state index is 0.254. The average Bonchev–Trinajstić information content (AvgIpc) is 3.03. The Kier molecular flexibility index (Phi) is 5.29. The Morgan fingerprint density at radius 3 is 3.00 bits per heavy atom. The highest BCUT2D eigenvalue weighted by atomic mass is 16.5. The molecular weight excluding hydrogens is 276 g/mol. The first kappa shape index (κ1) is 15.3. The third kappa shape index (κ3) is 3.99.